The maximum absolute atomic E-state index is 10.4. The average molecular weight is 262 g/mol. The van der Waals surface area contributed by atoms with Gasteiger partial charge in [0.15, 0.2) is 11.5 Å². The van der Waals surface area contributed by atoms with E-state index in [1.165, 1.54) is 0 Å². The Morgan fingerprint density at radius 2 is 2.00 bits per heavy atom. The largest absolute Gasteiger partial charge is 0.490 e. The fourth-order valence-corrected chi connectivity index (χ4v) is 2.33. The van der Waals surface area contributed by atoms with Crippen LogP contribution in [0.3, 0.4) is 0 Å². The highest BCUT2D eigenvalue weighted by molar-refractivity contribution is 5.79. The van der Waals surface area contributed by atoms with Crippen molar-refractivity contribution in [3.8, 4) is 11.5 Å². The average Bonchev–Trinajstić information content (AvgIpc) is 2.27. The second-order valence-corrected chi connectivity index (χ2v) is 5.89. The van der Waals surface area contributed by atoms with Crippen molar-refractivity contribution >= 4 is 5.57 Å². The molecule has 3 heteroatoms. The Morgan fingerprint density at radius 3 is 2.58 bits per heavy atom. The molecule has 0 spiro atoms. The standard InChI is InChI=1S/C16H22O3/c1-6-18-13-9-7-8-11-12(16(4,5)17)10-15(2,3)19-14(11)13/h7-10,17H,6H2,1-5H3. The lowest BCUT2D eigenvalue weighted by atomic mass is 9.85. The van der Waals surface area contributed by atoms with E-state index in [4.69, 9.17) is 9.47 Å². The summed E-state index contributed by atoms with van der Waals surface area (Å²) in [5.41, 5.74) is 0.397. The fraction of sp³-hybridized carbons (Fsp3) is 0.500. The number of aliphatic hydroxyl groups is 1. The topological polar surface area (TPSA) is 38.7 Å². The molecule has 0 saturated heterocycles. The maximum atomic E-state index is 10.4. The van der Waals surface area contributed by atoms with Gasteiger partial charge < -0.3 is 14.6 Å². The third kappa shape index (κ3) is 2.76. The Bertz CT molecular complexity index is 507. The summed E-state index contributed by atoms with van der Waals surface area (Å²) < 4.78 is 11.6. The summed E-state index contributed by atoms with van der Waals surface area (Å²) in [6.07, 6.45) is 1.98. The van der Waals surface area contributed by atoms with Gasteiger partial charge in [0.25, 0.3) is 0 Å². The minimum atomic E-state index is -0.916. The third-order valence-electron chi connectivity index (χ3n) is 3.09. The van der Waals surface area contributed by atoms with Gasteiger partial charge in [0, 0.05) is 5.56 Å². The third-order valence-corrected chi connectivity index (χ3v) is 3.09. The van der Waals surface area contributed by atoms with Gasteiger partial charge in [-0.15, -0.1) is 0 Å². The monoisotopic (exact) mass is 262 g/mol. The number of fused-ring (bicyclic) bond motifs is 1. The lowest BCUT2D eigenvalue weighted by Gasteiger charge is -2.36. The smallest absolute Gasteiger partial charge is 0.170 e. The minimum absolute atomic E-state index is 0.463. The van der Waals surface area contributed by atoms with Crippen molar-refractivity contribution in [1.82, 2.24) is 0 Å². The van der Waals surface area contributed by atoms with Crippen LogP contribution >= 0.6 is 0 Å². The van der Waals surface area contributed by atoms with Crippen LogP contribution in [0.1, 0.15) is 40.2 Å². The van der Waals surface area contributed by atoms with Crippen molar-refractivity contribution in [2.24, 2.45) is 0 Å². The maximum Gasteiger partial charge on any atom is 0.170 e. The van der Waals surface area contributed by atoms with Crippen LogP contribution in [0.4, 0.5) is 0 Å². The zero-order chi connectivity index (χ0) is 14.3. The van der Waals surface area contributed by atoms with Crippen LogP contribution in [0.15, 0.2) is 24.3 Å². The number of rotatable bonds is 3. The first kappa shape index (κ1) is 13.9. The number of para-hydroxylation sites is 1. The summed E-state index contributed by atoms with van der Waals surface area (Å²) in [7, 11) is 0. The molecule has 0 amide bonds. The molecule has 0 fully saturated rings. The van der Waals surface area contributed by atoms with Gasteiger partial charge in [-0.25, -0.2) is 0 Å². The van der Waals surface area contributed by atoms with E-state index in [1.807, 2.05) is 45.0 Å². The summed E-state index contributed by atoms with van der Waals surface area (Å²) in [5, 5.41) is 10.4. The molecule has 1 aromatic rings. The predicted molar refractivity (Wildman–Crippen MR) is 76.6 cm³/mol. The van der Waals surface area contributed by atoms with E-state index in [1.54, 1.807) is 13.8 Å². The van der Waals surface area contributed by atoms with Gasteiger partial charge in [0.1, 0.15) is 5.60 Å². The van der Waals surface area contributed by atoms with Gasteiger partial charge in [0.05, 0.1) is 12.2 Å². The molecule has 1 aliphatic heterocycles. The molecule has 0 atom stereocenters. The first-order valence-electron chi connectivity index (χ1n) is 6.65. The first-order chi connectivity index (χ1) is 8.74. The zero-order valence-corrected chi connectivity index (χ0v) is 12.3. The fourth-order valence-electron chi connectivity index (χ4n) is 2.33. The van der Waals surface area contributed by atoms with E-state index in [0.717, 1.165) is 16.9 Å². The predicted octanol–water partition coefficient (Wildman–Crippen LogP) is 3.41. The highest BCUT2D eigenvalue weighted by atomic mass is 16.5. The van der Waals surface area contributed by atoms with Gasteiger partial charge in [-0.05, 0) is 52.3 Å². The highest BCUT2D eigenvalue weighted by Gasteiger charge is 2.34. The van der Waals surface area contributed by atoms with Gasteiger partial charge in [-0.1, -0.05) is 12.1 Å². The minimum Gasteiger partial charge on any atom is -0.490 e. The molecule has 104 valence electrons. The van der Waals surface area contributed by atoms with Crippen molar-refractivity contribution in [3.63, 3.8) is 0 Å². The zero-order valence-electron chi connectivity index (χ0n) is 12.3. The van der Waals surface area contributed by atoms with E-state index in [0.29, 0.717) is 12.4 Å². The Morgan fingerprint density at radius 1 is 1.32 bits per heavy atom. The first-order valence-corrected chi connectivity index (χ1v) is 6.65. The van der Waals surface area contributed by atoms with Crippen LogP contribution in [0.25, 0.3) is 5.57 Å². The van der Waals surface area contributed by atoms with E-state index in [2.05, 4.69) is 0 Å². The number of hydrogen-bond acceptors (Lipinski definition) is 3. The highest BCUT2D eigenvalue weighted by Crippen LogP contribution is 2.45. The van der Waals surface area contributed by atoms with Crippen LogP contribution in [-0.2, 0) is 0 Å². The van der Waals surface area contributed by atoms with Crippen LogP contribution in [0.5, 0.6) is 11.5 Å². The van der Waals surface area contributed by atoms with E-state index >= 15 is 0 Å². The molecule has 1 aromatic carbocycles. The molecule has 19 heavy (non-hydrogen) atoms. The number of ether oxygens (including phenoxy) is 2. The quantitative estimate of drug-likeness (QED) is 0.907. The van der Waals surface area contributed by atoms with Crippen LogP contribution < -0.4 is 9.47 Å². The second kappa shape index (κ2) is 4.57. The molecular formula is C16H22O3. The molecule has 0 radical (unpaired) electrons. The molecular weight excluding hydrogens is 240 g/mol. The van der Waals surface area contributed by atoms with E-state index in [-0.39, 0.29) is 0 Å². The summed E-state index contributed by atoms with van der Waals surface area (Å²) >= 11 is 0. The SMILES string of the molecule is CCOc1cccc2c1OC(C)(C)C=C2C(C)(C)O. The molecule has 0 aliphatic carbocycles. The normalized spacial score (nSPS) is 17.3. The molecule has 1 N–H and O–H groups in total. The van der Waals surface area contributed by atoms with Gasteiger partial charge in [-0.2, -0.15) is 0 Å². The Hall–Kier alpha value is -1.48. The molecule has 0 saturated carbocycles. The molecule has 0 bridgehead atoms. The molecule has 0 aromatic heterocycles. The number of hydrogen-bond donors (Lipinski definition) is 1. The van der Waals surface area contributed by atoms with Crippen molar-refractivity contribution in [3.05, 3.63) is 29.8 Å². The lowest BCUT2D eigenvalue weighted by Crippen LogP contribution is -2.34. The van der Waals surface area contributed by atoms with Crippen molar-refractivity contribution in [1.29, 1.82) is 0 Å². The van der Waals surface area contributed by atoms with Gasteiger partial charge in [-0.3, -0.25) is 0 Å². The number of benzene rings is 1. The van der Waals surface area contributed by atoms with Crippen LogP contribution in [0, 0.1) is 0 Å². The Kier molecular flexibility index (Phi) is 3.35. The molecule has 1 aliphatic rings. The molecule has 0 unspecified atom stereocenters. The summed E-state index contributed by atoms with van der Waals surface area (Å²) in [4.78, 5) is 0. The molecule has 2 rings (SSSR count). The van der Waals surface area contributed by atoms with Crippen LogP contribution in [0.2, 0.25) is 0 Å². The van der Waals surface area contributed by atoms with Crippen molar-refractivity contribution < 1.29 is 14.6 Å². The summed E-state index contributed by atoms with van der Waals surface area (Å²) in [5.74, 6) is 1.44. The Balaban J connectivity index is 2.61. The van der Waals surface area contributed by atoms with Crippen LogP contribution in [-0.4, -0.2) is 22.9 Å². The van der Waals surface area contributed by atoms with Crippen molar-refractivity contribution in [2.75, 3.05) is 6.61 Å². The molecule has 1 heterocycles. The molecule has 3 nitrogen and oxygen atoms in total. The van der Waals surface area contributed by atoms with Gasteiger partial charge >= 0.3 is 0 Å². The summed E-state index contributed by atoms with van der Waals surface area (Å²) in [6, 6.07) is 5.77. The van der Waals surface area contributed by atoms with Crippen molar-refractivity contribution in [2.45, 2.75) is 45.8 Å². The summed E-state index contributed by atoms with van der Waals surface area (Å²) in [6.45, 7) is 10.1. The van der Waals surface area contributed by atoms with Gasteiger partial charge in [0.2, 0.25) is 0 Å². The van der Waals surface area contributed by atoms with E-state index < -0.39 is 11.2 Å². The lowest BCUT2D eigenvalue weighted by molar-refractivity contribution is 0.123. The second-order valence-electron chi connectivity index (χ2n) is 5.89. The van der Waals surface area contributed by atoms with E-state index in [9.17, 15) is 5.11 Å². The Labute approximate surface area is 114 Å².